The molecule has 1 unspecified atom stereocenters. The fourth-order valence-corrected chi connectivity index (χ4v) is 2.96. The van der Waals surface area contributed by atoms with Gasteiger partial charge >= 0.3 is 5.97 Å². The Labute approximate surface area is 121 Å². The van der Waals surface area contributed by atoms with Crippen LogP contribution in [0.25, 0.3) is 0 Å². The Morgan fingerprint density at radius 2 is 2.15 bits per heavy atom. The lowest BCUT2D eigenvalue weighted by Crippen LogP contribution is -2.17. The van der Waals surface area contributed by atoms with Gasteiger partial charge in [-0.3, -0.25) is 0 Å². The molecule has 0 heterocycles. The number of halogens is 1. The minimum absolute atomic E-state index is 0.0709. The van der Waals surface area contributed by atoms with E-state index in [-0.39, 0.29) is 22.3 Å². The first-order valence-corrected chi connectivity index (χ1v) is 8.34. The Morgan fingerprint density at radius 3 is 2.70 bits per heavy atom. The van der Waals surface area contributed by atoms with Crippen LogP contribution in [0.1, 0.15) is 29.6 Å². The van der Waals surface area contributed by atoms with Crippen molar-refractivity contribution in [1.82, 2.24) is 0 Å². The van der Waals surface area contributed by atoms with Crippen molar-refractivity contribution in [2.24, 2.45) is 0 Å². The molecule has 0 fully saturated rings. The summed E-state index contributed by atoms with van der Waals surface area (Å²) in [5.41, 5.74) is -0.157. The molecule has 7 heteroatoms. The third-order valence-corrected chi connectivity index (χ3v) is 4.28. The van der Waals surface area contributed by atoms with Crippen molar-refractivity contribution >= 4 is 25.7 Å². The van der Waals surface area contributed by atoms with Crippen LogP contribution in [0.15, 0.2) is 35.2 Å². The minimum atomic E-state index is -4.08. The van der Waals surface area contributed by atoms with Gasteiger partial charge in [0.25, 0.3) is 9.05 Å². The maximum atomic E-state index is 11.5. The van der Waals surface area contributed by atoms with Gasteiger partial charge in [0.1, 0.15) is 16.7 Å². The number of carboxylic acids is 1. The fourth-order valence-electron chi connectivity index (χ4n) is 1.97. The van der Waals surface area contributed by atoms with Gasteiger partial charge in [0.15, 0.2) is 0 Å². The molecule has 1 aromatic carbocycles. The molecule has 0 aliphatic heterocycles. The van der Waals surface area contributed by atoms with E-state index in [0.717, 1.165) is 25.3 Å². The monoisotopic (exact) mass is 316 g/mol. The summed E-state index contributed by atoms with van der Waals surface area (Å²) >= 11 is 0. The molecule has 1 atom stereocenters. The van der Waals surface area contributed by atoms with Crippen molar-refractivity contribution in [3.63, 3.8) is 0 Å². The van der Waals surface area contributed by atoms with Crippen LogP contribution < -0.4 is 4.74 Å². The SMILES string of the molecule is O=C(O)c1ccc(OC2C=CCCC2)c(S(=O)(=O)Cl)c1. The largest absolute Gasteiger partial charge is 0.485 e. The van der Waals surface area contributed by atoms with Crippen LogP contribution in [0.3, 0.4) is 0 Å². The average molecular weight is 317 g/mol. The molecule has 1 aromatic rings. The lowest BCUT2D eigenvalue weighted by Gasteiger charge is -2.19. The van der Waals surface area contributed by atoms with Gasteiger partial charge in [-0.1, -0.05) is 6.08 Å². The molecule has 2 rings (SSSR count). The molecular formula is C13H13ClO5S. The number of rotatable bonds is 4. The molecule has 0 bridgehead atoms. The Kier molecular flexibility index (Phi) is 4.35. The van der Waals surface area contributed by atoms with E-state index >= 15 is 0 Å². The van der Waals surface area contributed by atoms with E-state index < -0.39 is 15.0 Å². The number of hydrogen-bond acceptors (Lipinski definition) is 4. The predicted octanol–water partition coefficient (Wildman–Crippen LogP) is 2.80. The van der Waals surface area contributed by atoms with Crippen LogP contribution >= 0.6 is 10.7 Å². The van der Waals surface area contributed by atoms with Gasteiger partial charge in [-0.15, -0.1) is 0 Å². The highest BCUT2D eigenvalue weighted by Crippen LogP contribution is 2.30. The number of hydrogen-bond donors (Lipinski definition) is 1. The van der Waals surface area contributed by atoms with Crippen LogP contribution in [0.2, 0.25) is 0 Å². The zero-order chi connectivity index (χ0) is 14.8. The molecular weight excluding hydrogens is 304 g/mol. The van der Waals surface area contributed by atoms with E-state index in [1.54, 1.807) is 0 Å². The van der Waals surface area contributed by atoms with Gasteiger partial charge in [0.05, 0.1) is 5.56 Å². The van der Waals surface area contributed by atoms with Gasteiger partial charge in [0, 0.05) is 10.7 Å². The highest BCUT2D eigenvalue weighted by Gasteiger charge is 2.21. The van der Waals surface area contributed by atoms with Crippen molar-refractivity contribution in [1.29, 1.82) is 0 Å². The zero-order valence-corrected chi connectivity index (χ0v) is 12.0. The Hall–Kier alpha value is -1.53. The summed E-state index contributed by atoms with van der Waals surface area (Å²) in [6, 6.07) is 3.61. The van der Waals surface area contributed by atoms with Crippen molar-refractivity contribution in [2.75, 3.05) is 0 Å². The number of aromatic carboxylic acids is 1. The lowest BCUT2D eigenvalue weighted by molar-refractivity contribution is 0.0696. The average Bonchev–Trinajstić information content (AvgIpc) is 2.39. The first-order valence-electron chi connectivity index (χ1n) is 6.03. The van der Waals surface area contributed by atoms with Crippen LogP contribution in [0.4, 0.5) is 0 Å². The van der Waals surface area contributed by atoms with Gasteiger partial charge < -0.3 is 9.84 Å². The lowest BCUT2D eigenvalue weighted by atomic mass is 10.1. The highest BCUT2D eigenvalue weighted by molar-refractivity contribution is 8.13. The second kappa shape index (κ2) is 5.85. The zero-order valence-electron chi connectivity index (χ0n) is 10.5. The first-order chi connectivity index (χ1) is 9.38. The Bertz CT molecular complexity index is 651. The van der Waals surface area contributed by atoms with E-state index in [1.165, 1.54) is 12.1 Å². The van der Waals surface area contributed by atoms with E-state index in [2.05, 4.69) is 0 Å². The van der Waals surface area contributed by atoms with Crippen molar-refractivity contribution in [2.45, 2.75) is 30.3 Å². The fraction of sp³-hybridized carbons (Fsp3) is 0.308. The molecule has 0 saturated carbocycles. The summed E-state index contributed by atoms with van der Waals surface area (Å²) in [6.07, 6.45) is 6.31. The summed E-state index contributed by atoms with van der Waals surface area (Å²) in [5, 5.41) is 8.90. The summed E-state index contributed by atoms with van der Waals surface area (Å²) in [5.74, 6) is -1.16. The van der Waals surface area contributed by atoms with Crippen molar-refractivity contribution in [3.05, 3.63) is 35.9 Å². The molecule has 0 spiro atoms. The van der Waals surface area contributed by atoms with Crippen molar-refractivity contribution in [3.8, 4) is 5.75 Å². The molecule has 0 amide bonds. The molecule has 5 nitrogen and oxygen atoms in total. The third-order valence-electron chi connectivity index (χ3n) is 2.94. The quantitative estimate of drug-likeness (QED) is 0.682. The van der Waals surface area contributed by atoms with Gasteiger partial charge in [0.2, 0.25) is 0 Å². The Morgan fingerprint density at radius 1 is 1.40 bits per heavy atom. The number of allylic oxidation sites excluding steroid dienone is 1. The van der Waals surface area contributed by atoms with Gasteiger partial charge in [-0.05, 0) is 43.5 Å². The summed E-state index contributed by atoms with van der Waals surface area (Å²) in [6.45, 7) is 0. The van der Waals surface area contributed by atoms with Crippen LogP contribution in [-0.2, 0) is 9.05 Å². The molecule has 0 radical (unpaired) electrons. The standard InChI is InChI=1S/C13H13ClO5S/c14-20(17,18)12-8-9(13(15)16)6-7-11(12)19-10-4-2-1-3-5-10/h2,4,6-8,10H,1,3,5H2,(H,15,16). The molecule has 20 heavy (non-hydrogen) atoms. The smallest absolute Gasteiger partial charge is 0.335 e. The predicted molar refractivity (Wildman–Crippen MR) is 73.8 cm³/mol. The highest BCUT2D eigenvalue weighted by atomic mass is 35.7. The number of carbonyl (C=O) groups is 1. The van der Waals surface area contributed by atoms with E-state index in [4.69, 9.17) is 20.5 Å². The van der Waals surface area contributed by atoms with Crippen molar-refractivity contribution < 1.29 is 23.1 Å². The van der Waals surface area contributed by atoms with E-state index in [0.29, 0.717) is 0 Å². The normalized spacial score (nSPS) is 18.8. The second-order valence-electron chi connectivity index (χ2n) is 4.42. The Balaban J connectivity index is 2.39. The van der Waals surface area contributed by atoms with E-state index in [9.17, 15) is 13.2 Å². The molecule has 0 saturated heterocycles. The topological polar surface area (TPSA) is 80.7 Å². The molecule has 108 valence electrons. The van der Waals surface area contributed by atoms with E-state index in [1.807, 2.05) is 12.2 Å². The molecule has 1 N–H and O–H groups in total. The molecule has 1 aliphatic carbocycles. The third kappa shape index (κ3) is 3.52. The maximum Gasteiger partial charge on any atom is 0.335 e. The van der Waals surface area contributed by atoms with Gasteiger partial charge in [-0.2, -0.15) is 0 Å². The number of ether oxygens (including phenoxy) is 1. The number of benzene rings is 1. The van der Waals surface area contributed by atoms with Gasteiger partial charge in [-0.25, -0.2) is 13.2 Å². The van der Waals surface area contributed by atoms with Crippen LogP contribution in [0.5, 0.6) is 5.75 Å². The molecule has 0 aromatic heterocycles. The summed E-state index contributed by atoms with van der Waals surface area (Å²) in [4.78, 5) is 10.6. The summed E-state index contributed by atoms with van der Waals surface area (Å²) in [7, 11) is 1.26. The second-order valence-corrected chi connectivity index (χ2v) is 6.95. The van der Waals surface area contributed by atoms with Crippen LogP contribution in [-0.4, -0.2) is 25.6 Å². The van der Waals surface area contributed by atoms with Crippen LogP contribution in [0, 0.1) is 0 Å². The first kappa shape index (κ1) is 14.9. The molecule has 1 aliphatic rings. The number of carboxylic acid groups (broad SMARTS) is 1. The minimum Gasteiger partial charge on any atom is -0.485 e. The summed E-state index contributed by atoms with van der Waals surface area (Å²) < 4.78 is 28.7. The maximum absolute atomic E-state index is 11.5.